The van der Waals surface area contributed by atoms with E-state index in [1.54, 1.807) is 4.90 Å². The van der Waals surface area contributed by atoms with Crippen molar-refractivity contribution in [1.82, 2.24) is 19.2 Å². The molecular formula is C19H23F3N4O2. The summed E-state index contributed by atoms with van der Waals surface area (Å²) in [5.74, 6) is -1.16. The molecule has 2 aromatic rings. The second-order valence-corrected chi connectivity index (χ2v) is 7.06. The van der Waals surface area contributed by atoms with Crippen LogP contribution in [0.5, 0.6) is 0 Å². The van der Waals surface area contributed by atoms with E-state index in [0.29, 0.717) is 36.9 Å². The van der Waals surface area contributed by atoms with Crippen molar-refractivity contribution in [1.29, 1.82) is 0 Å². The normalized spacial score (nSPS) is 15.8. The van der Waals surface area contributed by atoms with Gasteiger partial charge in [0.25, 0.3) is 0 Å². The molecule has 1 fully saturated rings. The zero-order valence-electron chi connectivity index (χ0n) is 15.7. The Bertz CT molecular complexity index is 866. The van der Waals surface area contributed by atoms with E-state index < -0.39 is 23.7 Å². The van der Waals surface area contributed by atoms with Crippen LogP contribution in [0.3, 0.4) is 0 Å². The largest absolute Gasteiger partial charge is 0.451 e. The van der Waals surface area contributed by atoms with Crippen molar-refractivity contribution in [2.75, 3.05) is 13.1 Å². The third kappa shape index (κ3) is 4.45. The number of amides is 1. The molecule has 0 unspecified atom stereocenters. The van der Waals surface area contributed by atoms with Crippen LogP contribution in [-0.4, -0.2) is 38.2 Å². The number of hydrogen-bond acceptors (Lipinski definition) is 3. The average molecular weight is 396 g/mol. The van der Waals surface area contributed by atoms with Gasteiger partial charge in [-0.05, 0) is 31.2 Å². The third-order valence-corrected chi connectivity index (χ3v) is 5.12. The van der Waals surface area contributed by atoms with Gasteiger partial charge in [0, 0.05) is 26.6 Å². The summed E-state index contributed by atoms with van der Waals surface area (Å²) in [4.78, 5) is 26.2. The summed E-state index contributed by atoms with van der Waals surface area (Å²) in [6.07, 6.45) is -1.84. The van der Waals surface area contributed by atoms with Crippen LogP contribution in [0.15, 0.2) is 35.1 Å². The first kappa shape index (κ1) is 20.2. The molecule has 0 N–H and O–H groups in total. The predicted molar refractivity (Wildman–Crippen MR) is 96.7 cm³/mol. The first-order valence-electron chi connectivity index (χ1n) is 9.32. The standard InChI is InChI=1S/C19H23F3N4O2/c1-24-17(19(20,21)22)23-26(18(24)28)15-10-12-25(13-11-15)16(27)9-5-8-14-6-3-2-4-7-14/h2-4,6-7,15H,5,8-13H2,1H3. The minimum absolute atomic E-state index is 0.0405. The van der Waals surface area contributed by atoms with Crippen LogP contribution < -0.4 is 5.69 Å². The smallest absolute Gasteiger partial charge is 0.343 e. The number of benzene rings is 1. The maximum atomic E-state index is 12.9. The van der Waals surface area contributed by atoms with Crippen molar-refractivity contribution in [2.45, 2.75) is 44.3 Å². The molecule has 1 aliphatic heterocycles. The van der Waals surface area contributed by atoms with E-state index in [1.165, 1.54) is 5.56 Å². The van der Waals surface area contributed by atoms with E-state index in [9.17, 15) is 22.8 Å². The molecular weight excluding hydrogens is 373 g/mol. The number of rotatable bonds is 5. The molecule has 28 heavy (non-hydrogen) atoms. The van der Waals surface area contributed by atoms with Gasteiger partial charge in [0.2, 0.25) is 11.7 Å². The highest BCUT2D eigenvalue weighted by atomic mass is 19.4. The Balaban J connectivity index is 1.53. The number of piperidine rings is 1. The lowest BCUT2D eigenvalue weighted by atomic mass is 10.0. The van der Waals surface area contributed by atoms with Crippen molar-refractivity contribution in [2.24, 2.45) is 7.05 Å². The Morgan fingerprint density at radius 3 is 2.39 bits per heavy atom. The van der Waals surface area contributed by atoms with Gasteiger partial charge in [-0.1, -0.05) is 30.3 Å². The average Bonchev–Trinajstić information content (AvgIpc) is 2.98. The Morgan fingerprint density at radius 1 is 1.18 bits per heavy atom. The number of carbonyl (C=O) groups is 1. The molecule has 0 atom stereocenters. The molecule has 1 saturated heterocycles. The number of nitrogens with zero attached hydrogens (tertiary/aromatic N) is 4. The van der Waals surface area contributed by atoms with Gasteiger partial charge in [0.1, 0.15) is 0 Å². The summed E-state index contributed by atoms with van der Waals surface area (Å²) in [7, 11) is 1.07. The van der Waals surface area contributed by atoms with Crippen LogP contribution in [0.25, 0.3) is 0 Å². The third-order valence-electron chi connectivity index (χ3n) is 5.12. The molecule has 0 bridgehead atoms. The highest BCUT2D eigenvalue weighted by Crippen LogP contribution is 2.28. The SMILES string of the molecule is Cn1c(C(F)(F)F)nn(C2CCN(C(=O)CCCc3ccccc3)CC2)c1=O. The van der Waals surface area contributed by atoms with Gasteiger partial charge >= 0.3 is 11.9 Å². The van der Waals surface area contributed by atoms with Gasteiger partial charge in [-0.2, -0.15) is 13.2 Å². The quantitative estimate of drug-likeness (QED) is 0.781. The van der Waals surface area contributed by atoms with E-state index in [0.717, 1.165) is 24.6 Å². The van der Waals surface area contributed by atoms with Gasteiger partial charge < -0.3 is 4.90 Å². The van der Waals surface area contributed by atoms with E-state index >= 15 is 0 Å². The van der Waals surface area contributed by atoms with E-state index in [-0.39, 0.29) is 5.91 Å². The first-order valence-corrected chi connectivity index (χ1v) is 9.32. The minimum atomic E-state index is -4.67. The second kappa shape index (κ2) is 8.20. The summed E-state index contributed by atoms with van der Waals surface area (Å²) < 4.78 is 40.2. The van der Waals surface area contributed by atoms with Crippen molar-refractivity contribution in [3.63, 3.8) is 0 Å². The number of carbonyl (C=O) groups excluding carboxylic acids is 1. The van der Waals surface area contributed by atoms with Gasteiger partial charge in [0.15, 0.2) is 0 Å². The Hall–Kier alpha value is -2.58. The summed E-state index contributed by atoms with van der Waals surface area (Å²) in [5, 5.41) is 3.50. The molecule has 0 radical (unpaired) electrons. The van der Waals surface area contributed by atoms with E-state index in [2.05, 4.69) is 5.10 Å². The molecule has 9 heteroatoms. The summed E-state index contributed by atoms with van der Waals surface area (Å²) >= 11 is 0. The van der Waals surface area contributed by atoms with Crippen molar-refractivity contribution < 1.29 is 18.0 Å². The van der Waals surface area contributed by atoms with E-state index in [1.807, 2.05) is 30.3 Å². The fraction of sp³-hybridized carbons (Fsp3) is 0.526. The first-order chi connectivity index (χ1) is 13.3. The zero-order valence-corrected chi connectivity index (χ0v) is 15.7. The summed E-state index contributed by atoms with van der Waals surface area (Å²) in [5.41, 5.74) is 0.406. The second-order valence-electron chi connectivity index (χ2n) is 7.06. The lowest BCUT2D eigenvalue weighted by Gasteiger charge is -2.31. The number of likely N-dealkylation sites (tertiary alicyclic amines) is 1. The summed E-state index contributed by atoms with van der Waals surface area (Å²) in [6, 6.07) is 9.50. The van der Waals surface area contributed by atoms with Crippen LogP contribution in [-0.2, 0) is 24.4 Å². The van der Waals surface area contributed by atoms with Crippen molar-refractivity contribution in [3.05, 3.63) is 52.2 Å². The number of halogens is 3. The minimum Gasteiger partial charge on any atom is -0.343 e. The fourth-order valence-electron chi connectivity index (χ4n) is 3.55. The topological polar surface area (TPSA) is 60.1 Å². The predicted octanol–water partition coefficient (Wildman–Crippen LogP) is 2.79. The molecule has 1 aromatic carbocycles. The van der Waals surface area contributed by atoms with Gasteiger partial charge in [0.05, 0.1) is 6.04 Å². The zero-order chi connectivity index (χ0) is 20.3. The van der Waals surface area contributed by atoms with Gasteiger partial charge in [-0.25, -0.2) is 9.48 Å². The molecule has 0 aliphatic carbocycles. The van der Waals surface area contributed by atoms with Gasteiger partial charge in [-0.3, -0.25) is 9.36 Å². The highest BCUT2D eigenvalue weighted by Gasteiger charge is 2.39. The molecule has 6 nitrogen and oxygen atoms in total. The molecule has 0 saturated carbocycles. The van der Waals surface area contributed by atoms with Crippen LogP contribution in [0.1, 0.15) is 43.1 Å². The number of aromatic nitrogens is 3. The molecule has 1 aliphatic rings. The number of aryl methyl sites for hydroxylation is 1. The van der Waals surface area contributed by atoms with Crippen molar-refractivity contribution in [3.8, 4) is 0 Å². The van der Waals surface area contributed by atoms with Crippen LogP contribution in [0.4, 0.5) is 13.2 Å². The molecule has 1 amide bonds. The molecule has 3 rings (SSSR count). The molecule has 0 spiro atoms. The Morgan fingerprint density at radius 2 is 1.82 bits per heavy atom. The van der Waals surface area contributed by atoms with Crippen LogP contribution in [0.2, 0.25) is 0 Å². The lowest BCUT2D eigenvalue weighted by molar-refractivity contribution is -0.147. The monoisotopic (exact) mass is 396 g/mol. The maximum Gasteiger partial charge on any atom is 0.451 e. The molecule has 2 heterocycles. The van der Waals surface area contributed by atoms with E-state index in [4.69, 9.17) is 0 Å². The summed E-state index contributed by atoms with van der Waals surface area (Å²) in [6.45, 7) is 0.832. The van der Waals surface area contributed by atoms with Crippen LogP contribution >= 0.6 is 0 Å². The van der Waals surface area contributed by atoms with Crippen LogP contribution in [0, 0.1) is 0 Å². The number of hydrogen-bond donors (Lipinski definition) is 0. The maximum absolute atomic E-state index is 12.9. The molecule has 1 aromatic heterocycles. The Kier molecular flexibility index (Phi) is 5.90. The van der Waals surface area contributed by atoms with Crippen molar-refractivity contribution >= 4 is 5.91 Å². The molecule has 152 valence electrons. The lowest BCUT2D eigenvalue weighted by Crippen LogP contribution is -2.41. The Labute approximate surface area is 160 Å². The number of alkyl halides is 3. The van der Waals surface area contributed by atoms with Gasteiger partial charge in [-0.15, -0.1) is 5.10 Å². The highest BCUT2D eigenvalue weighted by molar-refractivity contribution is 5.76. The fourth-order valence-corrected chi connectivity index (χ4v) is 3.55.